The number of thiazole rings is 1. The van der Waals surface area contributed by atoms with Gasteiger partial charge >= 0.3 is 0 Å². The maximum absolute atomic E-state index is 6.13. The zero-order valence-corrected chi connectivity index (χ0v) is 12.0. The smallest absolute Gasteiger partial charge is 0.110 e. The van der Waals surface area contributed by atoms with Gasteiger partial charge in [-0.25, -0.2) is 4.98 Å². The molecule has 0 aromatic carbocycles. The quantitative estimate of drug-likeness (QED) is 0.901. The Kier molecular flexibility index (Phi) is 3.17. The van der Waals surface area contributed by atoms with Crippen LogP contribution in [-0.4, -0.2) is 4.98 Å². The van der Waals surface area contributed by atoms with E-state index in [0.717, 1.165) is 16.3 Å². The minimum atomic E-state index is 0.0848. The summed E-state index contributed by atoms with van der Waals surface area (Å²) in [5, 5.41) is 3.00. The van der Waals surface area contributed by atoms with Crippen molar-refractivity contribution >= 4 is 45.9 Å². The molecule has 1 fully saturated rings. The number of nitrogens with zero attached hydrogens (tertiary/aromatic N) is 1. The molecule has 0 spiro atoms. The Morgan fingerprint density at radius 2 is 2.18 bits per heavy atom. The molecule has 0 amide bonds. The highest BCUT2D eigenvalue weighted by atomic mass is 35.5. The third kappa shape index (κ3) is 2.37. The third-order valence-corrected chi connectivity index (χ3v) is 5.30. The molecular formula is C11H10Cl2N2S2. The molecule has 2 aromatic heterocycles. The molecule has 2 aromatic rings. The number of hydrogen-bond acceptors (Lipinski definition) is 4. The Hall–Kier alpha value is -0.130. The zero-order chi connectivity index (χ0) is 12.0. The molecule has 1 atom stereocenters. The molecule has 1 saturated carbocycles. The van der Waals surface area contributed by atoms with E-state index in [0.29, 0.717) is 14.6 Å². The second-order valence-electron chi connectivity index (χ2n) is 4.17. The monoisotopic (exact) mass is 304 g/mol. The topological polar surface area (TPSA) is 38.9 Å². The molecule has 1 aliphatic rings. The van der Waals surface area contributed by atoms with Gasteiger partial charge in [0.2, 0.25) is 0 Å². The van der Waals surface area contributed by atoms with Crippen molar-refractivity contribution in [3.63, 3.8) is 0 Å². The summed E-state index contributed by atoms with van der Waals surface area (Å²) in [7, 11) is 0. The van der Waals surface area contributed by atoms with E-state index in [2.05, 4.69) is 4.98 Å². The number of rotatable bonds is 3. The van der Waals surface area contributed by atoms with Crippen LogP contribution in [0.1, 0.15) is 23.9 Å². The number of aromatic nitrogens is 1. The van der Waals surface area contributed by atoms with Crippen LogP contribution in [0.3, 0.4) is 0 Å². The molecule has 0 saturated heterocycles. The molecule has 1 unspecified atom stereocenters. The van der Waals surface area contributed by atoms with Gasteiger partial charge in [0.25, 0.3) is 0 Å². The van der Waals surface area contributed by atoms with Crippen molar-refractivity contribution < 1.29 is 0 Å². The van der Waals surface area contributed by atoms with Gasteiger partial charge in [-0.3, -0.25) is 0 Å². The van der Waals surface area contributed by atoms with Gasteiger partial charge in [0.05, 0.1) is 16.1 Å². The Labute approximate surface area is 117 Å². The largest absolute Gasteiger partial charge is 0.322 e. The Morgan fingerprint density at radius 1 is 1.41 bits per heavy atom. The maximum Gasteiger partial charge on any atom is 0.110 e. The molecule has 0 radical (unpaired) electrons. The predicted molar refractivity (Wildman–Crippen MR) is 75.1 cm³/mol. The van der Waals surface area contributed by atoms with Gasteiger partial charge in [-0.05, 0) is 24.8 Å². The highest BCUT2D eigenvalue weighted by Gasteiger charge is 2.31. The van der Waals surface area contributed by atoms with E-state index in [1.54, 1.807) is 11.3 Å². The van der Waals surface area contributed by atoms with Crippen LogP contribution < -0.4 is 5.73 Å². The van der Waals surface area contributed by atoms with Crippen LogP contribution in [0.15, 0.2) is 11.4 Å². The number of hydrogen-bond donors (Lipinski definition) is 1. The van der Waals surface area contributed by atoms with Gasteiger partial charge in [-0.1, -0.05) is 23.2 Å². The molecule has 2 heterocycles. The summed E-state index contributed by atoms with van der Waals surface area (Å²) in [4.78, 5) is 4.57. The molecule has 0 bridgehead atoms. The van der Waals surface area contributed by atoms with E-state index in [4.69, 9.17) is 28.9 Å². The summed E-state index contributed by atoms with van der Waals surface area (Å²) in [5.41, 5.74) is 7.92. The number of nitrogens with two attached hydrogens (primary N) is 1. The Bertz CT molecular complexity index is 545. The van der Waals surface area contributed by atoms with Gasteiger partial charge in [0, 0.05) is 10.9 Å². The predicted octanol–water partition coefficient (Wildman–Crippen LogP) is 4.59. The van der Waals surface area contributed by atoms with E-state index in [1.165, 1.54) is 24.2 Å². The van der Waals surface area contributed by atoms with Gasteiger partial charge in [0.1, 0.15) is 9.34 Å². The Balaban J connectivity index is 1.91. The van der Waals surface area contributed by atoms with Crippen LogP contribution in [0.25, 0.3) is 11.3 Å². The highest BCUT2D eigenvalue weighted by Crippen LogP contribution is 2.42. The lowest BCUT2D eigenvalue weighted by Gasteiger charge is -2.04. The third-order valence-electron chi connectivity index (χ3n) is 2.87. The van der Waals surface area contributed by atoms with Crippen LogP contribution >= 0.6 is 45.9 Å². The van der Waals surface area contributed by atoms with Crippen molar-refractivity contribution in [2.45, 2.75) is 18.9 Å². The maximum atomic E-state index is 6.13. The lowest BCUT2D eigenvalue weighted by Crippen LogP contribution is -2.11. The van der Waals surface area contributed by atoms with E-state index >= 15 is 0 Å². The normalized spacial score (nSPS) is 17.4. The Morgan fingerprint density at radius 3 is 2.76 bits per heavy atom. The van der Waals surface area contributed by atoms with Crippen LogP contribution in [0.5, 0.6) is 0 Å². The molecule has 6 heteroatoms. The van der Waals surface area contributed by atoms with E-state index in [-0.39, 0.29) is 6.04 Å². The molecule has 2 N–H and O–H groups in total. The number of thiophene rings is 1. The van der Waals surface area contributed by atoms with Gasteiger partial charge in [-0.2, -0.15) is 0 Å². The fourth-order valence-electron chi connectivity index (χ4n) is 1.74. The summed E-state index contributed by atoms with van der Waals surface area (Å²) in [6.07, 6.45) is 2.45. The van der Waals surface area contributed by atoms with Crippen LogP contribution in [0, 0.1) is 5.92 Å². The fraction of sp³-hybridized carbons (Fsp3) is 0.364. The average molecular weight is 305 g/mol. The first-order valence-electron chi connectivity index (χ1n) is 5.31. The van der Waals surface area contributed by atoms with E-state index in [1.807, 2.05) is 11.4 Å². The zero-order valence-electron chi connectivity index (χ0n) is 8.82. The van der Waals surface area contributed by atoms with Crippen LogP contribution in [-0.2, 0) is 0 Å². The first kappa shape index (κ1) is 11.9. The fourth-order valence-corrected chi connectivity index (χ4v) is 4.13. The molecule has 2 nitrogen and oxygen atoms in total. The van der Waals surface area contributed by atoms with Crippen molar-refractivity contribution in [2.75, 3.05) is 0 Å². The molecule has 1 aliphatic carbocycles. The summed E-state index contributed by atoms with van der Waals surface area (Å²) in [6, 6.07) is 1.94. The minimum Gasteiger partial charge on any atom is -0.322 e. The lowest BCUT2D eigenvalue weighted by molar-refractivity contribution is 0.629. The van der Waals surface area contributed by atoms with Crippen molar-refractivity contribution in [1.29, 1.82) is 0 Å². The van der Waals surface area contributed by atoms with Crippen molar-refractivity contribution in [1.82, 2.24) is 4.98 Å². The first-order chi connectivity index (χ1) is 8.15. The van der Waals surface area contributed by atoms with Crippen molar-refractivity contribution in [2.24, 2.45) is 11.7 Å². The second kappa shape index (κ2) is 4.52. The van der Waals surface area contributed by atoms with Gasteiger partial charge in [-0.15, -0.1) is 22.7 Å². The molecule has 90 valence electrons. The molecule has 0 aliphatic heterocycles. The summed E-state index contributed by atoms with van der Waals surface area (Å²) < 4.78 is 1.37. The second-order valence-corrected chi connectivity index (χ2v) is 7.35. The molecular weight excluding hydrogens is 295 g/mol. The van der Waals surface area contributed by atoms with E-state index in [9.17, 15) is 0 Å². The van der Waals surface area contributed by atoms with Crippen LogP contribution in [0.2, 0.25) is 8.67 Å². The minimum absolute atomic E-state index is 0.0848. The average Bonchev–Trinajstić information content (AvgIpc) is 2.93. The number of halogens is 2. The van der Waals surface area contributed by atoms with E-state index < -0.39 is 0 Å². The standard InChI is InChI=1S/C11H10Cl2N2S2/c12-8-3-6(10(13)17-8)7-4-16-11(15-7)9(14)5-1-2-5/h3-5,9H,1-2,14H2. The SMILES string of the molecule is NC(c1nc(-c2cc(Cl)sc2Cl)cs1)C1CC1. The van der Waals surface area contributed by atoms with Gasteiger partial charge < -0.3 is 5.73 Å². The van der Waals surface area contributed by atoms with Crippen LogP contribution in [0.4, 0.5) is 0 Å². The summed E-state index contributed by atoms with van der Waals surface area (Å²) in [5.74, 6) is 0.621. The highest BCUT2D eigenvalue weighted by molar-refractivity contribution is 7.20. The summed E-state index contributed by atoms with van der Waals surface area (Å²) >= 11 is 15.0. The van der Waals surface area contributed by atoms with Crippen molar-refractivity contribution in [3.8, 4) is 11.3 Å². The summed E-state index contributed by atoms with van der Waals surface area (Å²) in [6.45, 7) is 0. The van der Waals surface area contributed by atoms with Gasteiger partial charge in [0.15, 0.2) is 0 Å². The van der Waals surface area contributed by atoms with Crippen molar-refractivity contribution in [3.05, 3.63) is 25.1 Å². The first-order valence-corrected chi connectivity index (χ1v) is 7.76. The molecule has 3 rings (SSSR count). The molecule has 17 heavy (non-hydrogen) atoms. The lowest BCUT2D eigenvalue weighted by atomic mass is 10.2.